The highest BCUT2D eigenvalue weighted by molar-refractivity contribution is 7.78. The predicted octanol–water partition coefficient (Wildman–Crippen LogP) is 4.57. The van der Waals surface area contributed by atoms with Crippen molar-refractivity contribution in [3.63, 3.8) is 0 Å². The summed E-state index contributed by atoms with van der Waals surface area (Å²) >= 11 is 4.99. The number of fused-ring (bicyclic) bond motifs is 5. The Labute approximate surface area is 156 Å². The van der Waals surface area contributed by atoms with E-state index >= 15 is 0 Å². The van der Waals surface area contributed by atoms with E-state index in [1.54, 1.807) is 0 Å². The molecule has 3 nitrogen and oxygen atoms in total. The smallest absolute Gasteiger partial charge is 0.135 e. The summed E-state index contributed by atoms with van der Waals surface area (Å²) in [6.45, 7) is 6.75. The van der Waals surface area contributed by atoms with Crippen molar-refractivity contribution < 1.29 is 9.90 Å². The second-order valence-electron chi connectivity index (χ2n) is 10.1. The lowest BCUT2D eigenvalue weighted by atomic mass is 9.42. The first-order chi connectivity index (χ1) is 11.7. The van der Waals surface area contributed by atoms with Gasteiger partial charge in [0, 0.05) is 12.8 Å². The van der Waals surface area contributed by atoms with Gasteiger partial charge in [0.1, 0.15) is 5.78 Å². The van der Waals surface area contributed by atoms with Gasteiger partial charge in [-0.2, -0.15) is 0 Å². The molecule has 4 aliphatic rings. The molecule has 4 saturated carbocycles. The fraction of sp³-hybridized carbons (Fsp3) is 0.905. The highest BCUT2D eigenvalue weighted by Crippen LogP contribution is 2.69. The van der Waals surface area contributed by atoms with Crippen LogP contribution in [0.25, 0.3) is 0 Å². The minimum atomic E-state index is -0.535. The summed E-state index contributed by atoms with van der Waals surface area (Å²) < 4.78 is 0. The van der Waals surface area contributed by atoms with E-state index in [4.69, 9.17) is 12.2 Å². The van der Waals surface area contributed by atoms with Crippen LogP contribution >= 0.6 is 12.2 Å². The number of ketones is 1. The molecule has 0 radical (unpaired) electrons. The van der Waals surface area contributed by atoms with Crippen LogP contribution in [0, 0.1) is 28.6 Å². The van der Waals surface area contributed by atoms with Crippen LogP contribution in [0.3, 0.4) is 0 Å². The predicted molar refractivity (Wildman–Crippen MR) is 102 cm³/mol. The summed E-state index contributed by atoms with van der Waals surface area (Å²) in [5.74, 6) is 2.19. The molecule has 25 heavy (non-hydrogen) atoms. The van der Waals surface area contributed by atoms with Crippen molar-refractivity contribution in [1.82, 2.24) is 0 Å². The summed E-state index contributed by atoms with van der Waals surface area (Å²) in [6, 6.07) is 0. The number of hydrogen-bond acceptors (Lipinski definition) is 4. The second-order valence-corrected chi connectivity index (χ2v) is 10.2. The summed E-state index contributed by atoms with van der Waals surface area (Å²) in [4.78, 5) is 16.9. The lowest BCUT2D eigenvalue weighted by molar-refractivity contribution is -0.157. The number of nitrogens with zero attached hydrogens (tertiary/aromatic N) is 1. The average Bonchev–Trinajstić information content (AvgIpc) is 2.79. The first-order valence-electron chi connectivity index (χ1n) is 10.0. The van der Waals surface area contributed by atoms with E-state index in [2.05, 4.69) is 30.9 Å². The maximum atomic E-state index is 12.3. The lowest BCUT2D eigenvalue weighted by Crippen LogP contribution is -2.62. The number of isothiocyanates is 1. The third-order valence-corrected chi connectivity index (χ3v) is 9.54. The maximum absolute atomic E-state index is 12.3. The van der Waals surface area contributed by atoms with Crippen molar-refractivity contribution in [2.75, 3.05) is 0 Å². The lowest BCUT2D eigenvalue weighted by Gasteiger charge is -2.63. The van der Waals surface area contributed by atoms with Gasteiger partial charge in [-0.3, -0.25) is 4.79 Å². The van der Waals surface area contributed by atoms with E-state index in [9.17, 15) is 9.90 Å². The second kappa shape index (κ2) is 5.47. The van der Waals surface area contributed by atoms with Crippen molar-refractivity contribution in [1.29, 1.82) is 0 Å². The molecule has 0 bridgehead atoms. The minimum absolute atomic E-state index is 0.0441. The summed E-state index contributed by atoms with van der Waals surface area (Å²) in [6.07, 6.45) is 8.55. The van der Waals surface area contributed by atoms with E-state index in [0.717, 1.165) is 44.9 Å². The van der Waals surface area contributed by atoms with Crippen molar-refractivity contribution in [2.45, 2.75) is 89.7 Å². The first-order valence-corrected chi connectivity index (χ1v) is 10.4. The fourth-order valence-electron chi connectivity index (χ4n) is 7.59. The van der Waals surface area contributed by atoms with Gasteiger partial charge in [-0.05, 0) is 92.7 Å². The van der Waals surface area contributed by atoms with E-state index in [1.807, 2.05) is 0 Å². The zero-order valence-electron chi connectivity index (χ0n) is 15.8. The van der Waals surface area contributed by atoms with Crippen molar-refractivity contribution in [3.8, 4) is 0 Å². The molecule has 0 unspecified atom stereocenters. The largest absolute Gasteiger partial charge is 0.390 e. The van der Waals surface area contributed by atoms with Gasteiger partial charge in [0.05, 0.1) is 16.3 Å². The van der Waals surface area contributed by atoms with E-state index in [0.29, 0.717) is 36.4 Å². The molecule has 0 spiro atoms. The van der Waals surface area contributed by atoms with E-state index < -0.39 is 5.60 Å². The third kappa shape index (κ3) is 2.17. The Morgan fingerprint density at radius 2 is 1.72 bits per heavy atom. The normalized spacial score (nSPS) is 54.9. The quantitative estimate of drug-likeness (QED) is 0.549. The number of aliphatic hydroxyl groups is 1. The molecule has 0 aromatic rings. The molecule has 4 rings (SSSR count). The molecule has 7 atom stereocenters. The van der Waals surface area contributed by atoms with Gasteiger partial charge in [0.15, 0.2) is 0 Å². The van der Waals surface area contributed by atoms with Crippen molar-refractivity contribution in [3.05, 3.63) is 0 Å². The molecular formula is C21H31NO2S. The molecule has 0 heterocycles. The number of carbonyl (C=O) groups is 1. The van der Waals surface area contributed by atoms with E-state index in [1.165, 1.54) is 0 Å². The van der Waals surface area contributed by atoms with E-state index in [-0.39, 0.29) is 16.4 Å². The topological polar surface area (TPSA) is 49.7 Å². The van der Waals surface area contributed by atoms with Gasteiger partial charge < -0.3 is 5.11 Å². The van der Waals surface area contributed by atoms with Crippen LogP contribution in [0.2, 0.25) is 0 Å². The average molecular weight is 362 g/mol. The molecule has 4 heteroatoms. The molecule has 138 valence electrons. The Bertz CT molecular complexity index is 654. The minimum Gasteiger partial charge on any atom is -0.390 e. The van der Waals surface area contributed by atoms with Gasteiger partial charge in [-0.1, -0.05) is 13.8 Å². The number of rotatable bonds is 1. The van der Waals surface area contributed by atoms with Crippen molar-refractivity contribution in [2.24, 2.45) is 33.6 Å². The number of Topliss-reactive ketones (excluding diaryl/α,β-unsaturated/α-hetero) is 1. The molecule has 4 aliphatic carbocycles. The molecule has 4 fully saturated rings. The highest BCUT2D eigenvalue weighted by Gasteiger charge is 2.66. The van der Waals surface area contributed by atoms with Gasteiger partial charge in [-0.25, -0.2) is 4.99 Å². The van der Waals surface area contributed by atoms with Crippen LogP contribution in [0.5, 0.6) is 0 Å². The van der Waals surface area contributed by atoms with Crippen LogP contribution in [-0.4, -0.2) is 27.2 Å². The number of hydrogen-bond donors (Lipinski definition) is 1. The zero-order valence-corrected chi connectivity index (χ0v) is 16.6. The molecule has 0 aromatic carbocycles. The zero-order chi connectivity index (χ0) is 18.1. The highest BCUT2D eigenvalue weighted by atomic mass is 32.1. The molecule has 1 N–H and O–H groups in total. The summed E-state index contributed by atoms with van der Waals surface area (Å²) in [5.41, 5.74) is -0.763. The number of carbonyl (C=O) groups excluding carboxylic acids is 1. The Kier molecular flexibility index (Phi) is 3.90. The molecular weight excluding hydrogens is 330 g/mol. The Balaban J connectivity index is 1.73. The van der Waals surface area contributed by atoms with Crippen LogP contribution in [0.15, 0.2) is 4.99 Å². The summed E-state index contributed by atoms with van der Waals surface area (Å²) in [7, 11) is 0. The SMILES string of the molecule is C[C@]1(O)CC[C@H]2[C@@H]3CC[C@@]4(N=C=S)CC(=O)CC[C@]4(C)[C@H]3CC[C@@]21C. The van der Waals surface area contributed by atoms with Crippen LogP contribution in [0.4, 0.5) is 0 Å². The van der Waals surface area contributed by atoms with Crippen LogP contribution in [0.1, 0.15) is 78.6 Å². The fourth-order valence-corrected chi connectivity index (χ4v) is 7.77. The molecule has 0 amide bonds. The number of aliphatic imine (C=N–C) groups is 1. The van der Waals surface area contributed by atoms with Crippen LogP contribution in [-0.2, 0) is 4.79 Å². The van der Waals surface area contributed by atoms with Gasteiger partial charge in [0.25, 0.3) is 0 Å². The Hall–Kier alpha value is -0.570. The van der Waals surface area contributed by atoms with Crippen molar-refractivity contribution >= 4 is 23.2 Å². The van der Waals surface area contributed by atoms with Gasteiger partial charge in [-0.15, -0.1) is 0 Å². The number of thiocarbonyl (C=S) groups is 1. The first kappa shape index (κ1) is 17.8. The molecule has 0 saturated heterocycles. The Morgan fingerprint density at radius 1 is 1.04 bits per heavy atom. The van der Waals surface area contributed by atoms with Crippen LogP contribution < -0.4 is 0 Å². The third-order valence-electron chi connectivity index (χ3n) is 9.44. The monoisotopic (exact) mass is 361 g/mol. The molecule has 0 aliphatic heterocycles. The molecule has 0 aromatic heterocycles. The summed E-state index contributed by atoms with van der Waals surface area (Å²) in [5, 5.41) is 13.7. The van der Waals surface area contributed by atoms with Gasteiger partial charge >= 0.3 is 0 Å². The maximum Gasteiger partial charge on any atom is 0.135 e. The van der Waals surface area contributed by atoms with Gasteiger partial charge in [0.2, 0.25) is 0 Å². The standard InChI is InChI=1S/C21H31NO2S/c1-18-9-6-17-15(16(18)7-10-20(18,3)24)5-11-21(22-13-25)12-14(23)4-8-19(17,21)2/h15-17,24H,4-12H2,1-3H3/t15-,16-,17-,18-,19+,20-,21+/m0/s1. The Morgan fingerprint density at radius 3 is 2.44 bits per heavy atom.